The second-order valence-electron chi connectivity index (χ2n) is 5.34. The molecule has 2 rings (SSSR count). The predicted molar refractivity (Wildman–Crippen MR) is 78.2 cm³/mol. The lowest BCUT2D eigenvalue weighted by atomic mass is 9.92. The molecular formula is C15H19ClN2O2. The van der Waals surface area contributed by atoms with E-state index in [4.69, 9.17) is 17.3 Å². The molecule has 1 heterocycles. The lowest BCUT2D eigenvalue weighted by Crippen LogP contribution is -2.49. The first-order valence-electron chi connectivity index (χ1n) is 6.81. The minimum atomic E-state index is -0.326. The highest BCUT2D eigenvalue weighted by atomic mass is 35.5. The number of primary amides is 1. The zero-order valence-electron chi connectivity index (χ0n) is 11.5. The van der Waals surface area contributed by atoms with Gasteiger partial charge in [-0.15, -0.1) is 0 Å². The van der Waals surface area contributed by atoms with Gasteiger partial charge in [0, 0.05) is 17.6 Å². The molecule has 1 saturated heterocycles. The van der Waals surface area contributed by atoms with Gasteiger partial charge in [-0.2, -0.15) is 0 Å². The molecule has 108 valence electrons. The minimum Gasteiger partial charge on any atom is -0.369 e. The van der Waals surface area contributed by atoms with E-state index in [0.29, 0.717) is 11.6 Å². The lowest BCUT2D eigenvalue weighted by molar-refractivity contribution is -0.136. The lowest BCUT2D eigenvalue weighted by Gasteiger charge is -2.37. The molecule has 2 amide bonds. The first-order valence-corrected chi connectivity index (χ1v) is 7.19. The number of halogens is 1. The molecule has 0 spiro atoms. The van der Waals surface area contributed by atoms with Crippen molar-refractivity contribution in [2.24, 2.45) is 11.7 Å². The number of amides is 2. The van der Waals surface area contributed by atoms with Crippen LogP contribution in [0.2, 0.25) is 5.02 Å². The van der Waals surface area contributed by atoms with Crippen molar-refractivity contribution in [2.75, 3.05) is 6.54 Å². The summed E-state index contributed by atoms with van der Waals surface area (Å²) in [6.45, 7) is 2.42. The van der Waals surface area contributed by atoms with Crippen molar-refractivity contribution in [2.45, 2.75) is 32.2 Å². The Morgan fingerprint density at radius 1 is 1.35 bits per heavy atom. The largest absolute Gasteiger partial charge is 0.369 e. The topological polar surface area (TPSA) is 63.4 Å². The number of hydrogen-bond acceptors (Lipinski definition) is 2. The van der Waals surface area contributed by atoms with E-state index in [1.165, 1.54) is 0 Å². The van der Waals surface area contributed by atoms with Crippen LogP contribution >= 0.6 is 11.6 Å². The van der Waals surface area contributed by atoms with Crippen molar-refractivity contribution in [3.63, 3.8) is 0 Å². The smallest absolute Gasteiger partial charge is 0.227 e. The summed E-state index contributed by atoms with van der Waals surface area (Å²) in [6, 6.07) is 7.46. The zero-order valence-corrected chi connectivity index (χ0v) is 12.3. The highest BCUT2D eigenvalue weighted by Crippen LogP contribution is 2.23. The molecule has 1 aliphatic heterocycles. The van der Waals surface area contributed by atoms with Crippen LogP contribution in [0.25, 0.3) is 0 Å². The Morgan fingerprint density at radius 3 is 2.70 bits per heavy atom. The average Bonchev–Trinajstić information content (AvgIpc) is 2.41. The second kappa shape index (κ2) is 6.27. The van der Waals surface area contributed by atoms with Crippen molar-refractivity contribution in [1.29, 1.82) is 0 Å². The number of benzene rings is 1. The highest BCUT2D eigenvalue weighted by Gasteiger charge is 2.31. The van der Waals surface area contributed by atoms with Crippen LogP contribution < -0.4 is 5.73 Å². The van der Waals surface area contributed by atoms with Crippen LogP contribution in [0.4, 0.5) is 0 Å². The third-order valence-corrected chi connectivity index (χ3v) is 4.27. The van der Waals surface area contributed by atoms with Crippen molar-refractivity contribution in [3.05, 3.63) is 34.9 Å². The van der Waals surface area contributed by atoms with E-state index in [1.54, 1.807) is 11.0 Å². The van der Waals surface area contributed by atoms with Crippen LogP contribution in [0, 0.1) is 5.92 Å². The molecule has 0 saturated carbocycles. The number of carbonyl (C=O) groups excluding carboxylic acids is 2. The molecule has 1 fully saturated rings. The Balaban J connectivity index is 2.07. The number of likely N-dealkylation sites (tertiary alicyclic amines) is 1. The molecule has 1 aromatic rings. The van der Waals surface area contributed by atoms with Gasteiger partial charge >= 0.3 is 0 Å². The molecule has 4 nitrogen and oxygen atoms in total. The van der Waals surface area contributed by atoms with E-state index in [-0.39, 0.29) is 30.2 Å². The normalized spacial score (nSPS) is 22.6. The number of hydrogen-bond donors (Lipinski definition) is 1. The molecule has 0 unspecified atom stereocenters. The summed E-state index contributed by atoms with van der Waals surface area (Å²) in [7, 11) is 0. The summed E-state index contributed by atoms with van der Waals surface area (Å²) < 4.78 is 0. The monoisotopic (exact) mass is 294 g/mol. The first-order chi connectivity index (χ1) is 9.49. The van der Waals surface area contributed by atoms with Crippen LogP contribution in [0.5, 0.6) is 0 Å². The maximum Gasteiger partial charge on any atom is 0.227 e. The Morgan fingerprint density at radius 2 is 2.05 bits per heavy atom. The van der Waals surface area contributed by atoms with Crippen LogP contribution in [0.1, 0.15) is 25.3 Å². The van der Waals surface area contributed by atoms with Gasteiger partial charge in [0.2, 0.25) is 11.8 Å². The van der Waals surface area contributed by atoms with Gasteiger partial charge in [-0.25, -0.2) is 0 Å². The molecule has 5 heteroatoms. The van der Waals surface area contributed by atoms with Crippen molar-refractivity contribution >= 4 is 23.4 Å². The highest BCUT2D eigenvalue weighted by molar-refractivity contribution is 6.31. The number of piperidine rings is 1. The van der Waals surface area contributed by atoms with Crippen LogP contribution in [0.15, 0.2) is 24.3 Å². The maximum absolute atomic E-state index is 12.4. The summed E-state index contributed by atoms with van der Waals surface area (Å²) in [4.78, 5) is 25.5. The second-order valence-corrected chi connectivity index (χ2v) is 5.75. The Hall–Kier alpha value is -1.55. The van der Waals surface area contributed by atoms with Gasteiger partial charge in [-0.3, -0.25) is 9.59 Å². The molecule has 20 heavy (non-hydrogen) atoms. The van der Waals surface area contributed by atoms with Crippen molar-refractivity contribution in [3.8, 4) is 0 Å². The number of nitrogens with two attached hydrogens (primary N) is 1. The fourth-order valence-electron chi connectivity index (χ4n) is 2.59. The predicted octanol–water partition coefficient (Wildman–Crippen LogP) is 1.99. The summed E-state index contributed by atoms with van der Waals surface area (Å²) in [5.74, 6) is -0.564. The van der Waals surface area contributed by atoms with E-state index >= 15 is 0 Å². The Labute approximate surface area is 123 Å². The third kappa shape index (κ3) is 3.31. The summed E-state index contributed by atoms with van der Waals surface area (Å²) in [5.41, 5.74) is 6.17. The fraction of sp³-hybridized carbons (Fsp3) is 0.467. The van der Waals surface area contributed by atoms with Gasteiger partial charge in [0.15, 0.2) is 0 Å². The zero-order chi connectivity index (χ0) is 14.7. The number of nitrogens with zero attached hydrogens (tertiary/aromatic N) is 1. The van der Waals surface area contributed by atoms with E-state index in [0.717, 1.165) is 18.4 Å². The first kappa shape index (κ1) is 14.9. The van der Waals surface area contributed by atoms with Gasteiger partial charge in [0.1, 0.15) is 0 Å². The van der Waals surface area contributed by atoms with Gasteiger partial charge in [-0.1, -0.05) is 29.8 Å². The molecule has 0 radical (unpaired) electrons. The number of rotatable bonds is 3. The van der Waals surface area contributed by atoms with E-state index < -0.39 is 0 Å². The van der Waals surface area contributed by atoms with Crippen LogP contribution in [-0.2, 0) is 16.0 Å². The average molecular weight is 295 g/mol. The molecule has 2 atom stereocenters. The van der Waals surface area contributed by atoms with Crippen molar-refractivity contribution < 1.29 is 9.59 Å². The molecule has 1 aromatic carbocycles. The molecule has 2 N–H and O–H groups in total. The maximum atomic E-state index is 12.4. The van der Waals surface area contributed by atoms with Gasteiger partial charge < -0.3 is 10.6 Å². The molecule has 0 bridgehead atoms. The third-order valence-electron chi connectivity index (χ3n) is 3.90. The number of carbonyl (C=O) groups is 2. The minimum absolute atomic E-state index is 0.00319. The van der Waals surface area contributed by atoms with E-state index in [9.17, 15) is 9.59 Å². The van der Waals surface area contributed by atoms with E-state index in [1.807, 2.05) is 25.1 Å². The van der Waals surface area contributed by atoms with Crippen LogP contribution in [-0.4, -0.2) is 29.3 Å². The molecular weight excluding hydrogens is 276 g/mol. The van der Waals surface area contributed by atoms with Crippen LogP contribution in [0.3, 0.4) is 0 Å². The molecule has 1 aliphatic rings. The summed E-state index contributed by atoms with van der Waals surface area (Å²) in [5, 5.41) is 0.594. The standard InChI is InChI=1S/C15H19ClN2O2/c1-10-6-7-12(15(17)20)9-18(10)14(19)8-11-4-2-3-5-13(11)16/h2-5,10,12H,6-9H2,1H3,(H2,17,20)/t10-,12-/m1/s1. The summed E-state index contributed by atoms with van der Waals surface area (Å²) in [6.07, 6.45) is 1.82. The van der Waals surface area contributed by atoms with Crippen molar-refractivity contribution in [1.82, 2.24) is 4.90 Å². The Kier molecular flexibility index (Phi) is 4.65. The SMILES string of the molecule is C[C@@H]1CC[C@@H](C(N)=O)CN1C(=O)Cc1ccccc1Cl. The Bertz CT molecular complexity index is 518. The van der Waals surface area contributed by atoms with Gasteiger partial charge in [0.25, 0.3) is 0 Å². The quantitative estimate of drug-likeness (QED) is 0.926. The fourth-order valence-corrected chi connectivity index (χ4v) is 2.80. The van der Waals surface area contributed by atoms with Gasteiger partial charge in [-0.05, 0) is 31.4 Å². The van der Waals surface area contributed by atoms with E-state index in [2.05, 4.69) is 0 Å². The van der Waals surface area contributed by atoms with Gasteiger partial charge in [0.05, 0.1) is 12.3 Å². The molecule has 0 aliphatic carbocycles. The summed E-state index contributed by atoms with van der Waals surface area (Å²) >= 11 is 6.08. The molecule has 0 aromatic heterocycles.